The third-order valence-corrected chi connectivity index (χ3v) is 4.75. The Morgan fingerprint density at radius 2 is 1.76 bits per heavy atom. The lowest BCUT2D eigenvalue weighted by Gasteiger charge is -2.35. The summed E-state index contributed by atoms with van der Waals surface area (Å²) in [4.78, 5) is 13.6. The molecule has 2 saturated heterocycles. The van der Waals surface area contributed by atoms with E-state index in [2.05, 4.69) is 25.1 Å². The fourth-order valence-corrected chi connectivity index (χ4v) is 3.40. The minimum atomic E-state index is 0.881. The molecule has 2 aliphatic rings. The maximum absolute atomic E-state index is 4.34. The predicted octanol–water partition coefficient (Wildman–Crippen LogP) is 1.38. The van der Waals surface area contributed by atoms with Crippen molar-refractivity contribution in [3.63, 3.8) is 0 Å². The van der Waals surface area contributed by atoms with E-state index in [0.29, 0.717) is 0 Å². The summed E-state index contributed by atoms with van der Waals surface area (Å²) >= 11 is 0. The first-order chi connectivity index (χ1) is 10.4. The fourth-order valence-electron chi connectivity index (χ4n) is 3.40. The molecule has 116 valence electrons. The first-order valence-electron chi connectivity index (χ1n) is 8.37. The summed E-state index contributed by atoms with van der Waals surface area (Å²) in [7, 11) is 0. The Bertz CT molecular complexity index is 396. The molecule has 0 amide bonds. The third kappa shape index (κ3) is 4.38. The molecule has 5 heteroatoms. The molecule has 0 atom stereocenters. The van der Waals surface area contributed by atoms with Gasteiger partial charge in [0.15, 0.2) is 0 Å². The summed E-state index contributed by atoms with van der Waals surface area (Å²) in [5.41, 5.74) is 0. The standard InChI is InChI=1S/C16H27N5/c1(3-15-4-8-17-9-5-15)10-20-11-13-21(14-12-20)16-18-6-2-7-19-16/h2,6-7,15,17H,1,3-5,8-14H2. The first kappa shape index (κ1) is 14.7. The van der Waals surface area contributed by atoms with Crippen LogP contribution in [0, 0.1) is 5.92 Å². The lowest BCUT2D eigenvalue weighted by atomic mass is 9.93. The van der Waals surface area contributed by atoms with Crippen LogP contribution in [-0.4, -0.2) is 60.7 Å². The van der Waals surface area contributed by atoms with Gasteiger partial charge in [-0.15, -0.1) is 0 Å². The second kappa shape index (κ2) is 7.71. The van der Waals surface area contributed by atoms with Gasteiger partial charge in [0.2, 0.25) is 5.95 Å². The summed E-state index contributed by atoms with van der Waals surface area (Å²) in [5, 5.41) is 3.45. The van der Waals surface area contributed by atoms with Crippen LogP contribution in [0.5, 0.6) is 0 Å². The highest BCUT2D eigenvalue weighted by Gasteiger charge is 2.19. The highest BCUT2D eigenvalue weighted by Crippen LogP contribution is 2.18. The molecule has 0 aliphatic carbocycles. The van der Waals surface area contributed by atoms with Gasteiger partial charge in [-0.25, -0.2) is 9.97 Å². The first-order valence-corrected chi connectivity index (χ1v) is 8.37. The molecule has 3 heterocycles. The minimum Gasteiger partial charge on any atom is -0.338 e. The number of piperazine rings is 1. The van der Waals surface area contributed by atoms with E-state index in [-0.39, 0.29) is 0 Å². The van der Waals surface area contributed by atoms with Crippen LogP contribution in [-0.2, 0) is 0 Å². The van der Waals surface area contributed by atoms with Crippen molar-refractivity contribution in [3.05, 3.63) is 18.5 Å². The van der Waals surface area contributed by atoms with E-state index < -0.39 is 0 Å². The van der Waals surface area contributed by atoms with Gasteiger partial charge in [-0.3, -0.25) is 4.90 Å². The molecule has 5 nitrogen and oxygen atoms in total. The SMILES string of the molecule is c1cnc(N2CCN(CCCC3CCNCC3)CC2)nc1. The molecular weight excluding hydrogens is 262 g/mol. The summed E-state index contributed by atoms with van der Waals surface area (Å²) in [6.45, 7) is 8.10. The number of hydrogen-bond acceptors (Lipinski definition) is 5. The van der Waals surface area contributed by atoms with E-state index >= 15 is 0 Å². The molecule has 0 saturated carbocycles. The van der Waals surface area contributed by atoms with Crippen LogP contribution in [0.3, 0.4) is 0 Å². The van der Waals surface area contributed by atoms with Crippen LogP contribution < -0.4 is 10.2 Å². The largest absolute Gasteiger partial charge is 0.338 e. The Balaban J connectivity index is 1.34. The molecule has 0 radical (unpaired) electrons. The number of rotatable bonds is 5. The summed E-state index contributed by atoms with van der Waals surface area (Å²) in [6.07, 6.45) is 9.16. The average molecular weight is 289 g/mol. The number of hydrogen-bond donors (Lipinski definition) is 1. The highest BCUT2D eigenvalue weighted by atomic mass is 15.3. The summed E-state index contributed by atoms with van der Waals surface area (Å²) < 4.78 is 0. The molecular formula is C16H27N5. The quantitative estimate of drug-likeness (QED) is 0.887. The van der Waals surface area contributed by atoms with Crippen molar-refractivity contribution in [1.82, 2.24) is 20.2 Å². The van der Waals surface area contributed by atoms with Gasteiger partial charge in [0.25, 0.3) is 0 Å². The summed E-state index contributed by atoms with van der Waals surface area (Å²) in [6, 6.07) is 1.88. The van der Waals surface area contributed by atoms with E-state index in [1.165, 1.54) is 45.3 Å². The zero-order valence-electron chi connectivity index (χ0n) is 12.9. The predicted molar refractivity (Wildman–Crippen MR) is 85.5 cm³/mol. The van der Waals surface area contributed by atoms with Crippen LogP contribution in [0.2, 0.25) is 0 Å². The van der Waals surface area contributed by atoms with Crippen molar-refractivity contribution in [2.45, 2.75) is 25.7 Å². The number of nitrogens with zero attached hydrogens (tertiary/aromatic N) is 4. The number of piperidine rings is 1. The molecule has 2 fully saturated rings. The monoisotopic (exact) mass is 289 g/mol. The van der Waals surface area contributed by atoms with Gasteiger partial charge in [-0.05, 0) is 57.3 Å². The van der Waals surface area contributed by atoms with Crippen LogP contribution in [0.15, 0.2) is 18.5 Å². The van der Waals surface area contributed by atoms with Gasteiger partial charge in [-0.1, -0.05) is 0 Å². The van der Waals surface area contributed by atoms with Crippen molar-refractivity contribution < 1.29 is 0 Å². The van der Waals surface area contributed by atoms with Crippen molar-refractivity contribution in [3.8, 4) is 0 Å². The zero-order chi connectivity index (χ0) is 14.3. The number of aromatic nitrogens is 2. The van der Waals surface area contributed by atoms with Crippen molar-refractivity contribution in [2.24, 2.45) is 5.92 Å². The smallest absolute Gasteiger partial charge is 0.225 e. The van der Waals surface area contributed by atoms with Crippen molar-refractivity contribution in [2.75, 3.05) is 50.7 Å². The second-order valence-corrected chi connectivity index (χ2v) is 6.21. The van der Waals surface area contributed by atoms with Crippen LogP contribution in [0.1, 0.15) is 25.7 Å². The van der Waals surface area contributed by atoms with Gasteiger partial charge < -0.3 is 10.2 Å². The zero-order valence-corrected chi connectivity index (χ0v) is 12.9. The molecule has 0 spiro atoms. The lowest BCUT2D eigenvalue weighted by molar-refractivity contribution is 0.238. The molecule has 2 aliphatic heterocycles. The fraction of sp³-hybridized carbons (Fsp3) is 0.750. The molecule has 1 aromatic heterocycles. The minimum absolute atomic E-state index is 0.881. The van der Waals surface area contributed by atoms with E-state index in [1.807, 2.05) is 18.5 Å². The van der Waals surface area contributed by atoms with E-state index in [4.69, 9.17) is 0 Å². The molecule has 1 N–H and O–H groups in total. The van der Waals surface area contributed by atoms with Gasteiger partial charge in [0.1, 0.15) is 0 Å². The second-order valence-electron chi connectivity index (χ2n) is 6.21. The number of anilines is 1. The van der Waals surface area contributed by atoms with Gasteiger partial charge in [0.05, 0.1) is 0 Å². The molecule has 21 heavy (non-hydrogen) atoms. The van der Waals surface area contributed by atoms with Gasteiger partial charge in [-0.2, -0.15) is 0 Å². The van der Waals surface area contributed by atoms with Crippen molar-refractivity contribution >= 4 is 5.95 Å². The van der Waals surface area contributed by atoms with E-state index in [1.54, 1.807) is 0 Å². The van der Waals surface area contributed by atoms with Crippen LogP contribution in [0.4, 0.5) is 5.95 Å². The Kier molecular flexibility index (Phi) is 5.40. The third-order valence-electron chi connectivity index (χ3n) is 4.75. The van der Waals surface area contributed by atoms with E-state index in [9.17, 15) is 0 Å². The Morgan fingerprint density at radius 3 is 2.48 bits per heavy atom. The van der Waals surface area contributed by atoms with E-state index in [0.717, 1.165) is 38.0 Å². The number of nitrogens with one attached hydrogen (secondary N) is 1. The van der Waals surface area contributed by atoms with Gasteiger partial charge in [0, 0.05) is 38.6 Å². The Hall–Kier alpha value is -1.20. The maximum atomic E-state index is 4.34. The molecule has 0 bridgehead atoms. The lowest BCUT2D eigenvalue weighted by Crippen LogP contribution is -2.47. The van der Waals surface area contributed by atoms with Crippen LogP contribution in [0.25, 0.3) is 0 Å². The Labute approximate surface area is 127 Å². The topological polar surface area (TPSA) is 44.3 Å². The molecule has 1 aromatic rings. The maximum Gasteiger partial charge on any atom is 0.225 e. The Morgan fingerprint density at radius 1 is 1.05 bits per heavy atom. The van der Waals surface area contributed by atoms with Crippen LogP contribution >= 0.6 is 0 Å². The van der Waals surface area contributed by atoms with Crippen molar-refractivity contribution in [1.29, 1.82) is 0 Å². The van der Waals surface area contributed by atoms with Gasteiger partial charge >= 0.3 is 0 Å². The highest BCUT2D eigenvalue weighted by molar-refractivity contribution is 5.29. The molecule has 0 unspecified atom stereocenters. The molecule has 3 rings (SSSR count). The summed E-state index contributed by atoms with van der Waals surface area (Å²) in [5.74, 6) is 1.84. The average Bonchev–Trinajstić information content (AvgIpc) is 2.57. The molecule has 0 aromatic carbocycles. The normalized spacial score (nSPS) is 21.6.